The summed E-state index contributed by atoms with van der Waals surface area (Å²) in [6.45, 7) is 3.43. The average molecular weight is 268 g/mol. The predicted octanol–water partition coefficient (Wildman–Crippen LogP) is 2.11. The van der Waals surface area contributed by atoms with Gasteiger partial charge in [0.25, 0.3) is 5.91 Å². The van der Waals surface area contributed by atoms with Gasteiger partial charge in [0.05, 0.1) is 12.4 Å². The van der Waals surface area contributed by atoms with Crippen LogP contribution in [0.5, 0.6) is 0 Å². The van der Waals surface area contributed by atoms with Crippen LogP contribution in [-0.4, -0.2) is 29.0 Å². The second-order valence-electron chi connectivity index (χ2n) is 4.66. The summed E-state index contributed by atoms with van der Waals surface area (Å²) in [5.74, 6) is 0.535. The number of carbonyl (C=O) groups is 1. The van der Waals surface area contributed by atoms with Gasteiger partial charge in [-0.25, -0.2) is 4.98 Å². The van der Waals surface area contributed by atoms with Crippen LogP contribution >= 0.6 is 0 Å². The summed E-state index contributed by atoms with van der Waals surface area (Å²) in [6.07, 6.45) is 4.03. The van der Waals surface area contributed by atoms with Crippen molar-refractivity contribution in [3.8, 4) is 0 Å². The molecule has 2 heterocycles. The monoisotopic (exact) mass is 268 g/mol. The van der Waals surface area contributed by atoms with Crippen molar-refractivity contribution in [2.75, 3.05) is 23.3 Å². The first-order valence-corrected chi connectivity index (χ1v) is 6.75. The van der Waals surface area contributed by atoms with Crippen molar-refractivity contribution in [1.29, 1.82) is 0 Å². The van der Waals surface area contributed by atoms with Crippen LogP contribution in [0, 0.1) is 0 Å². The molecule has 0 atom stereocenters. The highest BCUT2D eigenvalue weighted by atomic mass is 16.2. The molecule has 3 rings (SSSR count). The van der Waals surface area contributed by atoms with E-state index in [9.17, 15) is 4.79 Å². The zero-order valence-corrected chi connectivity index (χ0v) is 11.3. The number of aromatic nitrogens is 2. The first kappa shape index (κ1) is 12.6. The van der Waals surface area contributed by atoms with E-state index in [0.29, 0.717) is 18.1 Å². The van der Waals surface area contributed by atoms with E-state index in [0.717, 1.165) is 18.7 Å². The maximum Gasteiger partial charge on any atom is 0.278 e. The first-order valence-electron chi connectivity index (χ1n) is 6.75. The largest absolute Gasteiger partial charge is 0.369 e. The molecule has 2 aromatic rings. The van der Waals surface area contributed by atoms with Crippen molar-refractivity contribution < 1.29 is 4.79 Å². The average Bonchev–Trinajstić information content (AvgIpc) is 2.91. The number of hydrogen-bond donors (Lipinski definition) is 1. The van der Waals surface area contributed by atoms with Crippen LogP contribution in [0.15, 0.2) is 36.7 Å². The molecule has 1 aliphatic heterocycles. The molecule has 1 aromatic heterocycles. The Bertz CT molecular complexity index is 641. The third kappa shape index (κ3) is 2.22. The summed E-state index contributed by atoms with van der Waals surface area (Å²) >= 11 is 0. The van der Waals surface area contributed by atoms with Crippen LogP contribution in [0.1, 0.15) is 23.0 Å². The van der Waals surface area contributed by atoms with E-state index >= 15 is 0 Å². The van der Waals surface area contributed by atoms with Crippen molar-refractivity contribution in [3.05, 3.63) is 47.9 Å². The third-order valence-electron chi connectivity index (χ3n) is 3.34. The number of para-hydroxylation sites is 1. The van der Waals surface area contributed by atoms with E-state index < -0.39 is 0 Å². The molecular formula is C15H16N4O. The van der Waals surface area contributed by atoms with Gasteiger partial charge in [-0.05, 0) is 25.0 Å². The SMILES string of the molecule is CCNc1cncc(C(=O)N2CCc3ccccc32)n1. The molecule has 0 fully saturated rings. The zero-order valence-electron chi connectivity index (χ0n) is 11.3. The lowest BCUT2D eigenvalue weighted by Crippen LogP contribution is -2.29. The second-order valence-corrected chi connectivity index (χ2v) is 4.66. The smallest absolute Gasteiger partial charge is 0.278 e. The molecule has 5 nitrogen and oxygen atoms in total. The molecule has 0 aliphatic carbocycles. The van der Waals surface area contributed by atoms with Gasteiger partial charge in [-0.15, -0.1) is 0 Å². The normalized spacial score (nSPS) is 13.2. The van der Waals surface area contributed by atoms with Gasteiger partial charge in [0.1, 0.15) is 11.5 Å². The molecule has 0 saturated heterocycles. The highest BCUT2D eigenvalue weighted by Crippen LogP contribution is 2.28. The van der Waals surface area contributed by atoms with Crippen molar-refractivity contribution in [2.24, 2.45) is 0 Å². The summed E-state index contributed by atoms with van der Waals surface area (Å²) in [6, 6.07) is 7.98. The molecule has 0 bridgehead atoms. The maximum absolute atomic E-state index is 12.6. The topological polar surface area (TPSA) is 58.1 Å². The standard InChI is InChI=1S/C15H16N4O/c1-2-17-14-10-16-9-12(18-14)15(20)19-8-7-11-5-3-4-6-13(11)19/h3-6,9-10H,2,7-8H2,1H3,(H,17,18). The van der Waals surface area contributed by atoms with Crippen molar-refractivity contribution in [1.82, 2.24) is 9.97 Å². The zero-order chi connectivity index (χ0) is 13.9. The van der Waals surface area contributed by atoms with E-state index in [2.05, 4.69) is 21.4 Å². The second kappa shape index (κ2) is 5.28. The lowest BCUT2D eigenvalue weighted by atomic mass is 10.2. The molecule has 1 amide bonds. The Morgan fingerprint density at radius 2 is 2.20 bits per heavy atom. The van der Waals surface area contributed by atoms with E-state index in [4.69, 9.17) is 0 Å². The quantitative estimate of drug-likeness (QED) is 0.926. The van der Waals surface area contributed by atoms with Crippen molar-refractivity contribution in [3.63, 3.8) is 0 Å². The van der Waals surface area contributed by atoms with Gasteiger partial charge in [0.2, 0.25) is 0 Å². The Morgan fingerprint density at radius 3 is 3.05 bits per heavy atom. The number of hydrogen-bond acceptors (Lipinski definition) is 4. The number of carbonyl (C=O) groups excluding carboxylic acids is 1. The molecule has 5 heteroatoms. The van der Waals surface area contributed by atoms with Crippen LogP contribution < -0.4 is 10.2 Å². The molecule has 102 valence electrons. The fourth-order valence-corrected chi connectivity index (χ4v) is 2.42. The number of rotatable bonds is 3. The summed E-state index contributed by atoms with van der Waals surface area (Å²) in [5, 5.41) is 3.07. The van der Waals surface area contributed by atoms with Gasteiger partial charge in [0, 0.05) is 18.8 Å². The molecule has 20 heavy (non-hydrogen) atoms. The number of amides is 1. The number of anilines is 2. The molecular weight excluding hydrogens is 252 g/mol. The Balaban J connectivity index is 1.89. The van der Waals surface area contributed by atoms with E-state index in [1.54, 1.807) is 11.1 Å². The van der Waals surface area contributed by atoms with Gasteiger partial charge in [0.15, 0.2) is 0 Å². The molecule has 0 saturated carbocycles. The van der Waals surface area contributed by atoms with Crippen molar-refractivity contribution >= 4 is 17.4 Å². The van der Waals surface area contributed by atoms with Gasteiger partial charge < -0.3 is 10.2 Å². The van der Waals surface area contributed by atoms with Crippen LogP contribution in [0.3, 0.4) is 0 Å². The molecule has 1 aliphatic rings. The lowest BCUT2D eigenvalue weighted by Gasteiger charge is -2.16. The van der Waals surface area contributed by atoms with Crippen LogP contribution in [0.4, 0.5) is 11.5 Å². The van der Waals surface area contributed by atoms with E-state index in [1.165, 1.54) is 11.8 Å². The molecule has 0 spiro atoms. The van der Waals surface area contributed by atoms with Crippen LogP contribution in [-0.2, 0) is 6.42 Å². The van der Waals surface area contributed by atoms with Crippen LogP contribution in [0.2, 0.25) is 0 Å². The number of fused-ring (bicyclic) bond motifs is 1. The third-order valence-corrected chi connectivity index (χ3v) is 3.34. The Kier molecular flexibility index (Phi) is 3.33. The van der Waals surface area contributed by atoms with Crippen LogP contribution in [0.25, 0.3) is 0 Å². The van der Waals surface area contributed by atoms with Gasteiger partial charge in [-0.1, -0.05) is 18.2 Å². The summed E-state index contributed by atoms with van der Waals surface area (Å²) in [7, 11) is 0. The minimum Gasteiger partial charge on any atom is -0.369 e. The molecule has 1 aromatic carbocycles. The van der Waals surface area contributed by atoms with E-state index in [-0.39, 0.29) is 5.91 Å². The maximum atomic E-state index is 12.6. The summed E-state index contributed by atoms with van der Waals surface area (Å²) < 4.78 is 0. The number of benzene rings is 1. The highest BCUT2D eigenvalue weighted by molar-refractivity contribution is 6.06. The fraction of sp³-hybridized carbons (Fsp3) is 0.267. The number of nitrogens with one attached hydrogen (secondary N) is 1. The summed E-state index contributed by atoms with van der Waals surface area (Å²) in [5.41, 5.74) is 2.56. The summed E-state index contributed by atoms with van der Waals surface area (Å²) in [4.78, 5) is 22.7. The van der Waals surface area contributed by atoms with Crippen molar-refractivity contribution in [2.45, 2.75) is 13.3 Å². The lowest BCUT2D eigenvalue weighted by molar-refractivity contribution is 0.0984. The molecule has 0 unspecified atom stereocenters. The van der Waals surface area contributed by atoms with Gasteiger partial charge in [-0.3, -0.25) is 9.78 Å². The van der Waals surface area contributed by atoms with Gasteiger partial charge >= 0.3 is 0 Å². The predicted molar refractivity (Wildman–Crippen MR) is 78.0 cm³/mol. The minimum absolute atomic E-state index is 0.0952. The first-order chi connectivity index (χ1) is 9.79. The van der Waals surface area contributed by atoms with E-state index in [1.807, 2.05) is 25.1 Å². The molecule has 1 N–H and O–H groups in total. The number of nitrogens with zero attached hydrogens (tertiary/aromatic N) is 3. The molecule has 0 radical (unpaired) electrons. The Labute approximate surface area is 117 Å². The Morgan fingerprint density at radius 1 is 1.35 bits per heavy atom. The highest BCUT2D eigenvalue weighted by Gasteiger charge is 2.26. The van der Waals surface area contributed by atoms with Gasteiger partial charge in [-0.2, -0.15) is 0 Å². The fourth-order valence-electron chi connectivity index (χ4n) is 2.42. The Hall–Kier alpha value is -2.43. The minimum atomic E-state index is -0.0952.